The Labute approximate surface area is 225 Å². The summed E-state index contributed by atoms with van der Waals surface area (Å²) < 4.78 is 1.14. The lowest BCUT2D eigenvalue weighted by Crippen LogP contribution is -2.42. The Kier molecular flexibility index (Phi) is 7.88. The normalized spacial score (nSPS) is 18.7. The number of hydrogen-bond donors (Lipinski definition) is 1. The lowest BCUT2D eigenvalue weighted by atomic mass is 9.88. The zero-order valence-corrected chi connectivity index (χ0v) is 22.7. The summed E-state index contributed by atoms with van der Waals surface area (Å²) in [4.78, 5) is 20.7. The number of para-hydroxylation sites is 1. The summed E-state index contributed by atoms with van der Waals surface area (Å²) in [7, 11) is 0. The molecule has 0 atom stereocenters. The second-order valence-electron chi connectivity index (χ2n) is 9.75. The molecular weight excluding hydrogens is 545 g/mol. The van der Waals surface area contributed by atoms with E-state index in [0.717, 1.165) is 55.7 Å². The molecule has 2 aromatic carbocycles. The van der Waals surface area contributed by atoms with Crippen molar-refractivity contribution < 1.29 is 4.79 Å². The topological polar surface area (TPSA) is 39.3 Å². The molecule has 2 aliphatic heterocycles. The maximum absolute atomic E-state index is 12.7. The van der Waals surface area contributed by atoms with Gasteiger partial charge in [0.15, 0.2) is 0 Å². The number of fused-ring (bicyclic) bond motifs is 1. The van der Waals surface area contributed by atoms with Crippen LogP contribution in [0.2, 0.25) is 10.0 Å². The molecule has 7 heteroatoms. The van der Waals surface area contributed by atoms with Gasteiger partial charge in [0.2, 0.25) is 5.91 Å². The average molecular weight is 575 g/mol. The molecule has 1 amide bonds. The summed E-state index contributed by atoms with van der Waals surface area (Å²) in [6, 6.07) is 14.0. The Morgan fingerprint density at radius 3 is 2.49 bits per heavy atom. The van der Waals surface area contributed by atoms with Gasteiger partial charge >= 0.3 is 0 Å². The molecule has 4 nitrogen and oxygen atoms in total. The first-order valence-electron chi connectivity index (χ1n) is 12.4. The predicted molar refractivity (Wildman–Crippen MR) is 149 cm³/mol. The van der Waals surface area contributed by atoms with Crippen molar-refractivity contribution in [3.05, 3.63) is 74.3 Å². The van der Waals surface area contributed by atoms with Gasteiger partial charge in [0.1, 0.15) is 0 Å². The molecule has 2 aliphatic rings. The Bertz CT molecular complexity index is 1220. The second-order valence-corrected chi connectivity index (χ2v) is 11.4. The van der Waals surface area contributed by atoms with Crippen LogP contribution in [0.25, 0.3) is 17.0 Å². The smallest absolute Gasteiger partial charge is 0.246 e. The number of hydrogen-bond acceptors (Lipinski definition) is 2. The van der Waals surface area contributed by atoms with Crippen LogP contribution in [0.1, 0.15) is 42.7 Å². The van der Waals surface area contributed by atoms with Crippen LogP contribution in [0.3, 0.4) is 0 Å². The first-order chi connectivity index (χ1) is 17.0. The maximum atomic E-state index is 12.7. The molecule has 1 N–H and O–H groups in total. The van der Waals surface area contributed by atoms with Crippen molar-refractivity contribution in [1.29, 1.82) is 0 Å². The number of nitrogens with one attached hydrogen (secondary N) is 1. The van der Waals surface area contributed by atoms with Crippen molar-refractivity contribution in [2.75, 3.05) is 32.7 Å². The minimum Gasteiger partial charge on any atom is -0.349 e. The monoisotopic (exact) mass is 573 g/mol. The Morgan fingerprint density at radius 2 is 1.74 bits per heavy atom. The third kappa shape index (κ3) is 5.80. The van der Waals surface area contributed by atoms with E-state index in [0.29, 0.717) is 21.9 Å². The highest BCUT2D eigenvalue weighted by Crippen LogP contribution is 2.38. The van der Waals surface area contributed by atoms with Crippen molar-refractivity contribution in [2.45, 2.75) is 31.6 Å². The fourth-order valence-corrected chi connectivity index (χ4v) is 6.58. The Morgan fingerprint density at radius 1 is 1.00 bits per heavy atom. The number of aromatic amines is 1. The highest BCUT2D eigenvalue weighted by molar-refractivity contribution is 9.10. The molecule has 0 aliphatic carbocycles. The first kappa shape index (κ1) is 24.9. The summed E-state index contributed by atoms with van der Waals surface area (Å²) in [5.74, 6) is 1.33. The summed E-state index contributed by atoms with van der Waals surface area (Å²) in [5.41, 5.74) is 3.54. The van der Waals surface area contributed by atoms with Crippen molar-refractivity contribution >= 4 is 62.0 Å². The number of H-pyrrole nitrogens is 1. The van der Waals surface area contributed by atoms with Crippen LogP contribution in [0.4, 0.5) is 0 Å². The van der Waals surface area contributed by atoms with Crippen molar-refractivity contribution in [3.63, 3.8) is 0 Å². The molecule has 3 heterocycles. The molecular formula is C28H30BrCl2N3O. The van der Waals surface area contributed by atoms with Crippen LogP contribution < -0.4 is 0 Å². The highest BCUT2D eigenvalue weighted by atomic mass is 79.9. The van der Waals surface area contributed by atoms with E-state index >= 15 is 0 Å². The lowest BCUT2D eigenvalue weighted by Gasteiger charge is -2.37. The van der Waals surface area contributed by atoms with Gasteiger partial charge in [0, 0.05) is 36.6 Å². The van der Waals surface area contributed by atoms with Crippen LogP contribution in [0.15, 0.2) is 53.1 Å². The van der Waals surface area contributed by atoms with E-state index in [2.05, 4.69) is 50.1 Å². The number of piperidine rings is 2. The van der Waals surface area contributed by atoms with Gasteiger partial charge in [0.05, 0.1) is 14.6 Å². The maximum Gasteiger partial charge on any atom is 0.246 e. The number of carbonyl (C=O) groups is 1. The van der Waals surface area contributed by atoms with E-state index in [1.54, 1.807) is 18.2 Å². The molecule has 0 unspecified atom stereocenters. The molecule has 2 fully saturated rings. The van der Waals surface area contributed by atoms with E-state index in [9.17, 15) is 4.79 Å². The molecule has 2 saturated heterocycles. The van der Waals surface area contributed by atoms with Crippen molar-refractivity contribution in [3.8, 4) is 0 Å². The number of likely N-dealkylation sites (tertiary alicyclic amines) is 2. The minimum absolute atomic E-state index is 0.0691. The molecule has 0 radical (unpaired) electrons. The summed E-state index contributed by atoms with van der Waals surface area (Å²) >= 11 is 15.8. The van der Waals surface area contributed by atoms with Crippen LogP contribution in [0.5, 0.6) is 0 Å². The molecule has 0 saturated carbocycles. The standard InChI is InChI=1S/C28H30BrCl2N3O/c29-28-27(22-3-1-2-4-25(22)32-28)21-11-13-33(14-12-21)18-20-9-15-34(16-10-20)26(35)8-6-19-5-7-23(30)24(31)17-19/h1-8,17,20-21,32H,9-16,18H2/b8-6+. The zero-order valence-electron chi connectivity index (χ0n) is 19.7. The summed E-state index contributed by atoms with van der Waals surface area (Å²) in [5, 5.41) is 2.37. The van der Waals surface area contributed by atoms with Crippen LogP contribution in [0, 0.1) is 5.92 Å². The number of halogens is 3. The van der Waals surface area contributed by atoms with Crippen molar-refractivity contribution in [1.82, 2.24) is 14.8 Å². The molecule has 5 rings (SSSR count). The van der Waals surface area contributed by atoms with E-state index in [1.807, 2.05) is 17.0 Å². The Balaban J connectivity index is 1.08. The molecule has 0 bridgehead atoms. The number of carbonyl (C=O) groups excluding carboxylic acids is 1. The van der Waals surface area contributed by atoms with E-state index in [-0.39, 0.29) is 5.91 Å². The van der Waals surface area contributed by atoms with Gasteiger partial charge in [0.25, 0.3) is 0 Å². The lowest BCUT2D eigenvalue weighted by molar-refractivity contribution is -0.127. The highest BCUT2D eigenvalue weighted by Gasteiger charge is 2.28. The van der Waals surface area contributed by atoms with Crippen LogP contribution in [-0.4, -0.2) is 53.4 Å². The second kappa shape index (κ2) is 11.1. The van der Waals surface area contributed by atoms with E-state index < -0.39 is 0 Å². The molecule has 1 aromatic heterocycles. The van der Waals surface area contributed by atoms with Gasteiger partial charge in [-0.1, -0.05) is 47.5 Å². The third-order valence-electron chi connectivity index (χ3n) is 7.50. The van der Waals surface area contributed by atoms with Gasteiger partial charge in [-0.3, -0.25) is 4.79 Å². The molecule has 0 spiro atoms. The summed E-state index contributed by atoms with van der Waals surface area (Å²) in [6.07, 6.45) is 7.98. The third-order valence-corrected chi connectivity index (χ3v) is 8.86. The fraction of sp³-hybridized carbons (Fsp3) is 0.393. The number of nitrogens with zero attached hydrogens (tertiary/aromatic N) is 2. The molecule has 3 aromatic rings. The van der Waals surface area contributed by atoms with E-state index in [1.165, 1.54) is 29.3 Å². The SMILES string of the molecule is O=C(/C=C/c1ccc(Cl)c(Cl)c1)N1CCC(CN2CCC(c3c(Br)[nH]c4ccccc34)CC2)CC1. The van der Waals surface area contributed by atoms with Gasteiger partial charge < -0.3 is 14.8 Å². The quantitative estimate of drug-likeness (QED) is 0.323. The van der Waals surface area contributed by atoms with Crippen LogP contribution >= 0.6 is 39.1 Å². The zero-order chi connectivity index (χ0) is 24.4. The number of aromatic nitrogens is 1. The fourth-order valence-electron chi connectivity index (χ4n) is 5.52. The number of benzene rings is 2. The van der Waals surface area contributed by atoms with Gasteiger partial charge in [-0.25, -0.2) is 0 Å². The number of rotatable bonds is 5. The Hall–Kier alpha value is -1.79. The largest absolute Gasteiger partial charge is 0.349 e. The van der Waals surface area contributed by atoms with Gasteiger partial charge in [-0.05, 0) is 102 Å². The molecule has 35 heavy (non-hydrogen) atoms. The predicted octanol–water partition coefficient (Wildman–Crippen LogP) is 7.37. The first-order valence-corrected chi connectivity index (χ1v) is 13.9. The van der Waals surface area contributed by atoms with Crippen molar-refractivity contribution in [2.24, 2.45) is 5.92 Å². The van der Waals surface area contributed by atoms with E-state index in [4.69, 9.17) is 23.2 Å². The summed E-state index contributed by atoms with van der Waals surface area (Å²) in [6.45, 7) is 5.08. The number of amides is 1. The minimum atomic E-state index is 0.0691. The van der Waals surface area contributed by atoms with Crippen LogP contribution in [-0.2, 0) is 4.79 Å². The van der Waals surface area contributed by atoms with Gasteiger partial charge in [-0.2, -0.15) is 0 Å². The van der Waals surface area contributed by atoms with Gasteiger partial charge in [-0.15, -0.1) is 0 Å². The average Bonchev–Trinajstić information content (AvgIpc) is 3.21. The molecule has 184 valence electrons.